The van der Waals surface area contributed by atoms with Gasteiger partial charge in [0.1, 0.15) is 0 Å². The van der Waals surface area contributed by atoms with Crippen LogP contribution in [-0.4, -0.2) is 37.6 Å². The van der Waals surface area contributed by atoms with E-state index in [2.05, 4.69) is 10.2 Å². The van der Waals surface area contributed by atoms with Crippen molar-refractivity contribution in [2.24, 2.45) is 17.8 Å². The molecule has 0 bridgehead atoms. The summed E-state index contributed by atoms with van der Waals surface area (Å²) in [6, 6.07) is 0. The van der Waals surface area contributed by atoms with Crippen LogP contribution in [0.15, 0.2) is 0 Å². The zero-order valence-electron chi connectivity index (χ0n) is 11.2. The number of fused-ring (bicyclic) bond motifs is 1. The summed E-state index contributed by atoms with van der Waals surface area (Å²) in [5.41, 5.74) is 0. The molecule has 2 heteroatoms. The summed E-state index contributed by atoms with van der Waals surface area (Å²) in [7, 11) is 0. The van der Waals surface area contributed by atoms with Crippen molar-refractivity contribution >= 4 is 0 Å². The number of likely N-dealkylation sites (tertiary alicyclic amines) is 1. The van der Waals surface area contributed by atoms with E-state index in [9.17, 15) is 0 Å². The predicted molar refractivity (Wildman–Crippen MR) is 72.1 cm³/mol. The van der Waals surface area contributed by atoms with Crippen molar-refractivity contribution in [3.05, 3.63) is 0 Å². The Kier molecular flexibility index (Phi) is 4.02. The van der Waals surface area contributed by atoms with Crippen LogP contribution < -0.4 is 5.32 Å². The van der Waals surface area contributed by atoms with E-state index in [-0.39, 0.29) is 0 Å². The molecule has 1 saturated carbocycles. The maximum absolute atomic E-state index is 3.48. The normalized spacial score (nSPS) is 36.7. The van der Waals surface area contributed by atoms with Gasteiger partial charge in [0, 0.05) is 13.1 Å². The molecule has 1 N–H and O–H groups in total. The zero-order valence-corrected chi connectivity index (χ0v) is 11.2. The number of nitrogens with one attached hydrogen (secondary N) is 1. The fraction of sp³-hybridized carbons (Fsp3) is 1.00. The Hall–Kier alpha value is -0.0800. The molecule has 2 heterocycles. The van der Waals surface area contributed by atoms with E-state index in [1.54, 1.807) is 0 Å². The van der Waals surface area contributed by atoms with E-state index < -0.39 is 0 Å². The van der Waals surface area contributed by atoms with Crippen molar-refractivity contribution in [2.75, 3.05) is 32.7 Å². The van der Waals surface area contributed by atoms with Gasteiger partial charge in [-0.05, 0) is 63.1 Å². The van der Waals surface area contributed by atoms with Gasteiger partial charge in [-0.3, -0.25) is 0 Å². The van der Waals surface area contributed by atoms with Crippen molar-refractivity contribution in [3.63, 3.8) is 0 Å². The zero-order chi connectivity index (χ0) is 11.5. The van der Waals surface area contributed by atoms with Gasteiger partial charge in [-0.25, -0.2) is 0 Å². The van der Waals surface area contributed by atoms with Crippen LogP contribution in [0.4, 0.5) is 0 Å². The maximum atomic E-state index is 3.48. The van der Waals surface area contributed by atoms with Gasteiger partial charge in [-0.1, -0.05) is 19.3 Å². The molecule has 0 aromatic carbocycles. The first kappa shape index (κ1) is 12.0. The summed E-state index contributed by atoms with van der Waals surface area (Å²) in [6.07, 6.45) is 10.4. The fourth-order valence-corrected chi connectivity index (χ4v) is 4.27. The minimum Gasteiger partial charge on any atom is -0.317 e. The van der Waals surface area contributed by atoms with Crippen LogP contribution in [0.5, 0.6) is 0 Å². The summed E-state index contributed by atoms with van der Waals surface area (Å²) < 4.78 is 0. The molecule has 1 aliphatic carbocycles. The number of hydrogen-bond acceptors (Lipinski definition) is 2. The third-order valence-corrected chi connectivity index (χ3v) is 5.35. The van der Waals surface area contributed by atoms with Gasteiger partial charge in [0.05, 0.1) is 0 Å². The fourth-order valence-electron chi connectivity index (χ4n) is 4.27. The number of rotatable bonds is 2. The van der Waals surface area contributed by atoms with Crippen LogP contribution in [0.2, 0.25) is 0 Å². The van der Waals surface area contributed by atoms with Crippen LogP contribution in [0.3, 0.4) is 0 Å². The van der Waals surface area contributed by atoms with Gasteiger partial charge in [-0.15, -0.1) is 0 Å². The van der Waals surface area contributed by atoms with Gasteiger partial charge in [-0.2, -0.15) is 0 Å². The van der Waals surface area contributed by atoms with E-state index >= 15 is 0 Å². The second-order valence-corrected chi connectivity index (χ2v) is 6.55. The van der Waals surface area contributed by atoms with Gasteiger partial charge in [0.25, 0.3) is 0 Å². The lowest BCUT2D eigenvalue weighted by atomic mass is 9.75. The molecule has 0 aromatic heterocycles. The van der Waals surface area contributed by atoms with Crippen molar-refractivity contribution < 1.29 is 0 Å². The molecular weight excluding hydrogens is 208 g/mol. The molecule has 0 spiro atoms. The second-order valence-electron chi connectivity index (χ2n) is 6.55. The van der Waals surface area contributed by atoms with Crippen molar-refractivity contribution in [3.8, 4) is 0 Å². The summed E-state index contributed by atoms with van der Waals surface area (Å²) in [5, 5.41) is 3.48. The molecule has 0 amide bonds. The Balaban J connectivity index is 1.48. The Morgan fingerprint density at radius 1 is 0.882 bits per heavy atom. The minimum absolute atomic E-state index is 0.983. The third-order valence-electron chi connectivity index (χ3n) is 5.35. The molecule has 3 fully saturated rings. The van der Waals surface area contributed by atoms with Crippen molar-refractivity contribution in [1.29, 1.82) is 0 Å². The Morgan fingerprint density at radius 3 is 2.47 bits per heavy atom. The van der Waals surface area contributed by atoms with E-state index in [0.717, 1.165) is 17.8 Å². The largest absolute Gasteiger partial charge is 0.317 e. The molecule has 0 aromatic rings. The van der Waals surface area contributed by atoms with Crippen LogP contribution in [0.25, 0.3) is 0 Å². The van der Waals surface area contributed by atoms with E-state index in [4.69, 9.17) is 0 Å². The average molecular weight is 236 g/mol. The van der Waals surface area contributed by atoms with Crippen LogP contribution >= 0.6 is 0 Å². The number of piperidine rings is 2. The molecule has 0 radical (unpaired) electrons. The highest BCUT2D eigenvalue weighted by atomic mass is 15.1. The third kappa shape index (κ3) is 3.03. The summed E-state index contributed by atoms with van der Waals surface area (Å²) in [5.74, 6) is 3.13. The number of nitrogens with zero attached hydrogens (tertiary/aromatic N) is 1. The lowest BCUT2D eigenvalue weighted by Crippen LogP contribution is -2.45. The Labute approximate surface area is 106 Å². The monoisotopic (exact) mass is 236 g/mol. The van der Waals surface area contributed by atoms with Gasteiger partial charge < -0.3 is 10.2 Å². The number of hydrogen-bond donors (Lipinski definition) is 1. The van der Waals surface area contributed by atoms with Crippen LogP contribution in [0.1, 0.15) is 44.9 Å². The molecule has 3 rings (SSSR count). The second kappa shape index (κ2) is 5.71. The van der Waals surface area contributed by atoms with E-state index in [0.29, 0.717) is 0 Å². The molecule has 17 heavy (non-hydrogen) atoms. The van der Waals surface area contributed by atoms with E-state index in [1.165, 1.54) is 77.7 Å². The van der Waals surface area contributed by atoms with Gasteiger partial charge in [0.15, 0.2) is 0 Å². The summed E-state index contributed by atoms with van der Waals surface area (Å²) in [6.45, 7) is 6.72. The molecule has 2 nitrogen and oxygen atoms in total. The lowest BCUT2D eigenvalue weighted by Gasteiger charge is -2.42. The smallest absolute Gasteiger partial charge is 0.00124 e. The predicted octanol–water partition coefficient (Wildman–Crippen LogP) is 2.50. The molecule has 2 aliphatic heterocycles. The Morgan fingerprint density at radius 2 is 1.65 bits per heavy atom. The molecule has 98 valence electrons. The molecule has 3 aliphatic rings. The molecule has 2 saturated heterocycles. The first-order chi connectivity index (χ1) is 8.42. The molecule has 2 atom stereocenters. The van der Waals surface area contributed by atoms with Gasteiger partial charge in [0.2, 0.25) is 0 Å². The highest BCUT2D eigenvalue weighted by Crippen LogP contribution is 2.36. The highest BCUT2D eigenvalue weighted by Gasteiger charge is 2.31. The lowest BCUT2D eigenvalue weighted by molar-refractivity contribution is 0.0714. The van der Waals surface area contributed by atoms with Gasteiger partial charge >= 0.3 is 0 Å². The van der Waals surface area contributed by atoms with Crippen molar-refractivity contribution in [2.45, 2.75) is 44.9 Å². The summed E-state index contributed by atoms with van der Waals surface area (Å²) in [4.78, 5) is 2.79. The van der Waals surface area contributed by atoms with Crippen molar-refractivity contribution in [1.82, 2.24) is 10.2 Å². The highest BCUT2D eigenvalue weighted by molar-refractivity contribution is 4.84. The summed E-state index contributed by atoms with van der Waals surface area (Å²) >= 11 is 0. The van der Waals surface area contributed by atoms with E-state index in [1.807, 2.05) is 0 Å². The topological polar surface area (TPSA) is 15.3 Å². The first-order valence-electron chi connectivity index (χ1n) is 7.85. The van der Waals surface area contributed by atoms with Crippen LogP contribution in [-0.2, 0) is 0 Å². The Bertz CT molecular complexity index is 233. The average Bonchev–Trinajstić information content (AvgIpc) is 2.40. The molecule has 2 unspecified atom stereocenters. The SMILES string of the molecule is C1CCC2CN(CC3CCNCC3)CCC2C1. The standard InChI is InChI=1S/C15H28N2/c1-2-4-15-12-17(10-7-14(15)3-1)11-13-5-8-16-9-6-13/h13-16H,1-12H2. The maximum Gasteiger partial charge on any atom is 0.00124 e. The molecular formula is C15H28N2. The quantitative estimate of drug-likeness (QED) is 0.792. The first-order valence-corrected chi connectivity index (χ1v) is 7.85. The van der Waals surface area contributed by atoms with Crippen LogP contribution in [0, 0.1) is 17.8 Å². The minimum atomic E-state index is 0.983.